The molecule has 0 heterocycles. The lowest BCUT2D eigenvalue weighted by atomic mass is 10.2. The molecule has 0 spiro atoms. The van der Waals surface area contributed by atoms with Crippen molar-refractivity contribution in [2.45, 2.75) is 13.0 Å². The van der Waals surface area contributed by atoms with Gasteiger partial charge in [0.25, 0.3) is 0 Å². The Bertz CT molecular complexity index is 327. The molecule has 0 radical (unpaired) electrons. The number of hydrogen-bond donors (Lipinski definition) is 2. The van der Waals surface area contributed by atoms with Crippen molar-refractivity contribution in [2.75, 3.05) is 26.7 Å². The van der Waals surface area contributed by atoms with Crippen LogP contribution in [0.2, 0.25) is 0 Å². The second-order valence-corrected chi connectivity index (χ2v) is 3.88. The number of amides is 1. The first-order valence-corrected chi connectivity index (χ1v) is 5.85. The quantitative estimate of drug-likeness (QED) is 0.729. The van der Waals surface area contributed by atoms with Gasteiger partial charge in [-0.15, -0.1) is 0 Å². The van der Waals surface area contributed by atoms with Crippen LogP contribution in [0.5, 0.6) is 0 Å². The van der Waals surface area contributed by atoms with Crippen molar-refractivity contribution in [3.05, 3.63) is 35.9 Å². The lowest BCUT2D eigenvalue weighted by Crippen LogP contribution is -2.34. The largest absolute Gasteiger partial charge is 0.395 e. The minimum atomic E-state index is -0.00186. The topological polar surface area (TPSA) is 52.6 Å². The molecule has 94 valence electrons. The first-order valence-electron chi connectivity index (χ1n) is 5.85. The second-order valence-electron chi connectivity index (χ2n) is 3.88. The Hall–Kier alpha value is -1.39. The molecule has 1 rings (SSSR count). The van der Waals surface area contributed by atoms with Crippen LogP contribution in [0.15, 0.2) is 30.3 Å². The van der Waals surface area contributed by atoms with Gasteiger partial charge < -0.3 is 15.3 Å². The summed E-state index contributed by atoms with van der Waals surface area (Å²) in [5.74, 6) is 0.0669. The molecule has 2 N–H and O–H groups in total. The van der Waals surface area contributed by atoms with Gasteiger partial charge in [0.05, 0.1) is 6.61 Å². The molecular weight excluding hydrogens is 216 g/mol. The van der Waals surface area contributed by atoms with Crippen LogP contribution < -0.4 is 5.32 Å². The van der Waals surface area contributed by atoms with Gasteiger partial charge in [0.2, 0.25) is 5.91 Å². The zero-order chi connectivity index (χ0) is 12.5. The lowest BCUT2D eigenvalue weighted by Gasteiger charge is -2.21. The Morgan fingerprint density at radius 1 is 1.35 bits per heavy atom. The van der Waals surface area contributed by atoms with E-state index in [1.807, 2.05) is 37.4 Å². The van der Waals surface area contributed by atoms with Crippen LogP contribution in [0.25, 0.3) is 0 Å². The molecule has 0 aromatic heterocycles. The standard InChI is InChI=1S/C13H20N2O2/c1-14-8-7-13(17)15(9-10-16)11-12-5-3-2-4-6-12/h2-6,14,16H,7-11H2,1H3. The van der Waals surface area contributed by atoms with E-state index in [0.717, 1.165) is 5.56 Å². The molecule has 0 saturated carbocycles. The maximum atomic E-state index is 11.9. The predicted octanol–water partition coefficient (Wildman–Crippen LogP) is 0.617. The van der Waals surface area contributed by atoms with Crippen molar-refractivity contribution in [1.29, 1.82) is 0 Å². The van der Waals surface area contributed by atoms with Gasteiger partial charge in [0.15, 0.2) is 0 Å². The van der Waals surface area contributed by atoms with Crippen molar-refractivity contribution in [2.24, 2.45) is 0 Å². The zero-order valence-corrected chi connectivity index (χ0v) is 10.2. The molecule has 17 heavy (non-hydrogen) atoms. The van der Waals surface area contributed by atoms with Gasteiger partial charge in [0.1, 0.15) is 0 Å². The third kappa shape index (κ3) is 4.97. The number of aliphatic hydroxyl groups excluding tert-OH is 1. The molecule has 4 nitrogen and oxygen atoms in total. The maximum Gasteiger partial charge on any atom is 0.224 e. The van der Waals surface area contributed by atoms with Gasteiger partial charge in [-0.05, 0) is 12.6 Å². The summed E-state index contributed by atoms with van der Waals surface area (Å²) >= 11 is 0. The fraction of sp³-hybridized carbons (Fsp3) is 0.462. The Labute approximate surface area is 102 Å². The Morgan fingerprint density at radius 2 is 2.06 bits per heavy atom. The van der Waals surface area contributed by atoms with E-state index in [2.05, 4.69) is 5.32 Å². The summed E-state index contributed by atoms with van der Waals surface area (Å²) < 4.78 is 0. The summed E-state index contributed by atoms with van der Waals surface area (Å²) in [4.78, 5) is 13.6. The van der Waals surface area contributed by atoms with Crippen LogP contribution >= 0.6 is 0 Å². The number of aliphatic hydroxyl groups is 1. The molecule has 0 unspecified atom stereocenters. The summed E-state index contributed by atoms with van der Waals surface area (Å²) in [7, 11) is 1.82. The van der Waals surface area contributed by atoms with E-state index >= 15 is 0 Å². The van der Waals surface area contributed by atoms with Crippen LogP contribution in [-0.4, -0.2) is 42.7 Å². The van der Waals surface area contributed by atoms with Gasteiger partial charge in [-0.2, -0.15) is 0 Å². The third-order valence-corrected chi connectivity index (χ3v) is 2.53. The summed E-state index contributed by atoms with van der Waals surface area (Å²) in [6.07, 6.45) is 0.462. The molecule has 1 aromatic carbocycles. The van der Waals surface area contributed by atoms with E-state index < -0.39 is 0 Å². The van der Waals surface area contributed by atoms with Gasteiger partial charge in [-0.1, -0.05) is 30.3 Å². The second kappa shape index (κ2) is 7.81. The van der Waals surface area contributed by atoms with Gasteiger partial charge >= 0.3 is 0 Å². The average molecular weight is 236 g/mol. The number of nitrogens with one attached hydrogen (secondary N) is 1. The lowest BCUT2D eigenvalue weighted by molar-refractivity contribution is -0.132. The zero-order valence-electron chi connectivity index (χ0n) is 10.2. The highest BCUT2D eigenvalue weighted by Crippen LogP contribution is 2.05. The fourth-order valence-electron chi connectivity index (χ4n) is 1.61. The highest BCUT2D eigenvalue weighted by atomic mass is 16.3. The van der Waals surface area contributed by atoms with E-state index in [1.165, 1.54) is 0 Å². The van der Waals surface area contributed by atoms with E-state index in [-0.39, 0.29) is 12.5 Å². The van der Waals surface area contributed by atoms with E-state index in [1.54, 1.807) is 4.90 Å². The molecule has 0 aliphatic heterocycles. The number of carbonyl (C=O) groups is 1. The van der Waals surface area contributed by atoms with Crippen molar-refractivity contribution < 1.29 is 9.90 Å². The SMILES string of the molecule is CNCCC(=O)N(CCO)Cc1ccccc1. The van der Waals surface area contributed by atoms with Crippen molar-refractivity contribution in [3.63, 3.8) is 0 Å². The molecular formula is C13H20N2O2. The number of hydrogen-bond acceptors (Lipinski definition) is 3. The maximum absolute atomic E-state index is 11.9. The molecule has 0 aliphatic carbocycles. The van der Waals surface area contributed by atoms with Crippen LogP contribution in [0.4, 0.5) is 0 Å². The van der Waals surface area contributed by atoms with Crippen molar-refractivity contribution in [1.82, 2.24) is 10.2 Å². The molecule has 4 heteroatoms. The summed E-state index contributed by atoms with van der Waals surface area (Å²) in [6.45, 7) is 1.61. The van der Waals surface area contributed by atoms with Gasteiger partial charge in [0, 0.05) is 26.1 Å². The fourth-order valence-corrected chi connectivity index (χ4v) is 1.61. The van der Waals surface area contributed by atoms with Crippen LogP contribution in [0.3, 0.4) is 0 Å². The number of carbonyl (C=O) groups excluding carboxylic acids is 1. The van der Waals surface area contributed by atoms with Gasteiger partial charge in [-0.25, -0.2) is 0 Å². The minimum Gasteiger partial charge on any atom is -0.395 e. The third-order valence-electron chi connectivity index (χ3n) is 2.53. The number of benzene rings is 1. The summed E-state index contributed by atoms with van der Waals surface area (Å²) in [5, 5.41) is 11.9. The molecule has 1 amide bonds. The minimum absolute atomic E-state index is 0.00186. The number of rotatable bonds is 7. The average Bonchev–Trinajstić information content (AvgIpc) is 2.36. The molecule has 0 aliphatic rings. The highest BCUT2D eigenvalue weighted by Gasteiger charge is 2.12. The normalized spacial score (nSPS) is 10.2. The first-order chi connectivity index (χ1) is 8.27. The summed E-state index contributed by atoms with van der Waals surface area (Å²) in [5.41, 5.74) is 1.08. The summed E-state index contributed by atoms with van der Waals surface area (Å²) in [6, 6.07) is 9.81. The van der Waals surface area contributed by atoms with Crippen LogP contribution in [-0.2, 0) is 11.3 Å². The Balaban J connectivity index is 2.56. The molecule has 0 fully saturated rings. The van der Waals surface area contributed by atoms with Crippen LogP contribution in [0, 0.1) is 0 Å². The molecule has 1 aromatic rings. The monoisotopic (exact) mass is 236 g/mol. The van der Waals surface area contributed by atoms with Crippen molar-refractivity contribution in [3.8, 4) is 0 Å². The van der Waals surface area contributed by atoms with Crippen molar-refractivity contribution >= 4 is 5.91 Å². The molecule has 0 bridgehead atoms. The smallest absolute Gasteiger partial charge is 0.224 e. The van der Waals surface area contributed by atoms with E-state index in [9.17, 15) is 4.79 Å². The molecule has 0 saturated heterocycles. The molecule has 0 atom stereocenters. The highest BCUT2D eigenvalue weighted by molar-refractivity contribution is 5.76. The first kappa shape index (κ1) is 13.7. The predicted molar refractivity (Wildman–Crippen MR) is 67.5 cm³/mol. The van der Waals surface area contributed by atoms with E-state index in [4.69, 9.17) is 5.11 Å². The van der Waals surface area contributed by atoms with Crippen LogP contribution in [0.1, 0.15) is 12.0 Å². The van der Waals surface area contributed by atoms with Gasteiger partial charge in [-0.3, -0.25) is 4.79 Å². The van der Waals surface area contributed by atoms with E-state index in [0.29, 0.717) is 26.1 Å². The Kier molecular flexibility index (Phi) is 6.29. The Morgan fingerprint density at radius 3 is 2.65 bits per heavy atom. The number of nitrogens with zero attached hydrogens (tertiary/aromatic N) is 1.